The van der Waals surface area contributed by atoms with Crippen LogP contribution in [0.1, 0.15) is 5.56 Å². The molecule has 98 valence electrons. The van der Waals surface area contributed by atoms with Gasteiger partial charge in [-0.25, -0.2) is 4.98 Å². The summed E-state index contributed by atoms with van der Waals surface area (Å²) in [7, 11) is 0. The Morgan fingerprint density at radius 2 is 1.76 bits per heavy atom. The molecule has 4 rings (SSSR count). The zero-order valence-corrected chi connectivity index (χ0v) is 11.2. The van der Waals surface area contributed by atoms with E-state index in [0.717, 1.165) is 22.4 Å². The van der Waals surface area contributed by atoms with Crippen LogP contribution in [0.3, 0.4) is 0 Å². The fraction of sp³-hybridized carbons (Fsp3) is 0. The van der Waals surface area contributed by atoms with Crippen LogP contribution in [0.5, 0.6) is 0 Å². The second kappa shape index (κ2) is 4.46. The molecule has 1 aromatic heterocycles. The van der Waals surface area contributed by atoms with Gasteiger partial charge >= 0.3 is 0 Å². The number of fused-ring (bicyclic) bond motifs is 2. The van der Waals surface area contributed by atoms with Gasteiger partial charge in [-0.15, -0.1) is 0 Å². The van der Waals surface area contributed by atoms with Crippen molar-refractivity contribution in [3.63, 3.8) is 0 Å². The third-order valence-corrected chi connectivity index (χ3v) is 3.63. The molecule has 3 heteroatoms. The Labute approximate surface area is 121 Å². The van der Waals surface area contributed by atoms with Gasteiger partial charge in [0.2, 0.25) is 0 Å². The first-order valence-electron chi connectivity index (χ1n) is 6.72. The Kier molecular flexibility index (Phi) is 2.48. The molecule has 1 N–H and O–H groups in total. The maximum Gasteiger partial charge on any atom is 0.138 e. The summed E-state index contributed by atoms with van der Waals surface area (Å²) in [5.74, 6) is 0.825. The van der Waals surface area contributed by atoms with Crippen LogP contribution in [0.4, 0.5) is 0 Å². The van der Waals surface area contributed by atoms with Crippen LogP contribution in [-0.2, 0) is 0 Å². The highest BCUT2D eigenvalue weighted by molar-refractivity contribution is 5.88. The van der Waals surface area contributed by atoms with Crippen LogP contribution in [0.25, 0.3) is 33.2 Å². The molecule has 0 radical (unpaired) electrons. The SMILES string of the molecule is N#Cc1ccc2nc(-c3ccc4ccccc4c3)[nH]c2c1. The molecule has 4 aromatic rings. The largest absolute Gasteiger partial charge is 0.338 e. The molecule has 0 saturated carbocycles. The first-order valence-corrected chi connectivity index (χ1v) is 6.72. The number of nitrogens with one attached hydrogen (secondary N) is 1. The van der Waals surface area contributed by atoms with E-state index in [2.05, 4.69) is 46.4 Å². The molecule has 0 spiro atoms. The maximum absolute atomic E-state index is 8.95. The average Bonchev–Trinajstić information content (AvgIpc) is 2.97. The number of hydrogen-bond donors (Lipinski definition) is 1. The Morgan fingerprint density at radius 3 is 2.62 bits per heavy atom. The van der Waals surface area contributed by atoms with Gasteiger partial charge in [0, 0.05) is 5.56 Å². The second-order valence-electron chi connectivity index (χ2n) is 4.99. The summed E-state index contributed by atoms with van der Waals surface area (Å²) in [6, 6.07) is 22.2. The predicted molar refractivity (Wildman–Crippen MR) is 83.8 cm³/mol. The number of imidazole rings is 1. The van der Waals surface area contributed by atoms with Gasteiger partial charge in [0.15, 0.2) is 0 Å². The topological polar surface area (TPSA) is 52.5 Å². The van der Waals surface area contributed by atoms with Crippen molar-refractivity contribution in [2.24, 2.45) is 0 Å². The molecule has 0 aliphatic rings. The average molecular weight is 269 g/mol. The van der Waals surface area contributed by atoms with Crippen molar-refractivity contribution in [3.8, 4) is 17.5 Å². The Hall–Kier alpha value is -3.12. The van der Waals surface area contributed by atoms with Gasteiger partial charge in [0.1, 0.15) is 5.82 Å². The summed E-state index contributed by atoms with van der Waals surface area (Å²) in [5, 5.41) is 11.4. The van der Waals surface area contributed by atoms with Crippen molar-refractivity contribution in [3.05, 3.63) is 66.2 Å². The van der Waals surface area contributed by atoms with Gasteiger partial charge in [-0.3, -0.25) is 0 Å². The molecule has 0 aliphatic carbocycles. The minimum atomic E-state index is 0.635. The fourth-order valence-corrected chi connectivity index (χ4v) is 2.55. The normalized spacial score (nSPS) is 10.8. The Balaban J connectivity index is 1.89. The molecule has 0 atom stereocenters. The maximum atomic E-state index is 8.95. The minimum Gasteiger partial charge on any atom is -0.338 e. The highest BCUT2D eigenvalue weighted by Gasteiger charge is 2.06. The third-order valence-electron chi connectivity index (χ3n) is 3.63. The lowest BCUT2D eigenvalue weighted by Crippen LogP contribution is -1.80. The summed E-state index contributed by atoms with van der Waals surface area (Å²) in [6.45, 7) is 0. The van der Waals surface area contributed by atoms with E-state index in [1.54, 1.807) is 6.07 Å². The monoisotopic (exact) mass is 269 g/mol. The van der Waals surface area contributed by atoms with Crippen molar-refractivity contribution < 1.29 is 0 Å². The van der Waals surface area contributed by atoms with Gasteiger partial charge < -0.3 is 4.98 Å². The van der Waals surface area contributed by atoms with Gasteiger partial charge in [-0.05, 0) is 35.0 Å². The van der Waals surface area contributed by atoms with Crippen molar-refractivity contribution in [1.82, 2.24) is 9.97 Å². The molecule has 1 heterocycles. The molecule has 0 saturated heterocycles. The predicted octanol–water partition coefficient (Wildman–Crippen LogP) is 4.25. The van der Waals surface area contributed by atoms with Crippen LogP contribution in [-0.4, -0.2) is 9.97 Å². The highest BCUT2D eigenvalue weighted by atomic mass is 14.9. The first-order chi connectivity index (χ1) is 10.3. The molecule has 0 bridgehead atoms. The summed E-state index contributed by atoms with van der Waals surface area (Å²) >= 11 is 0. The van der Waals surface area contributed by atoms with E-state index in [4.69, 9.17) is 5.26 Å². The standard InChI is InChI=1S/C18H11N3/c19-11-12-5-8-16-17(9-12)21-18(20-16)15-7-6-13-3-1-2-4-14(13)10-15/h1-10H,(H,20,21). The van der Waals surface area contributed by atoms with E-state index < -0.39 is 0 Å². The van der Waals surface area contributed by atoms with Crippen LogP contribution in [0.15, 0.2) is 60.7 Å². The van der Waals surface area contributed by atoms with Gasteiger partial charge in [-0.1, -0.05) is 36.4 Å². The number of nitrogens with zero attached hydrogens (tertiary/aromatic N) is 2. The van der Waals surface area contributed by atoms with E-state index in [1.165, 1.54) is 10.8 Å². The Bertz CT molecular complexity index is 1010. The lowest BCUT2D eigenvalue weighted by Gasteiger charge is -2.00. The number of aromatic nitrogens is 2. The molecule has 0 amide bonds. The van der Waals surface area contributed by atoms with E-state index in [9.17, 15) is 0 Å². The smallest absolute Gasteiger partial charge is 0.138 e. The molecular weight excluding hydrogens is 258 g/mol. The molecule has 3 nitrogen and oxygen atoms in total. The van der Waals surface area contributed by atoms with Gasteiger partial charge in [0.05, 0.1) is 22.7 Å². The van der Waals surface area contributed by atoms with Crippen LogP contribution in [0.2, 0.25) is 0 Å². The van der Waals surface area contributed by atoms with Crippen LogP contribution in [0, 0.1) is 11.3 Å². The molecule has 0 fully saturated rings. The van der Waals surface area contributed by atoms with Gasteiger partial charge in [0.25, 0.3) is 0 Å². The lowest BCUT2D eigenvalue weighted by atomic mass is 10.1. The van der Waals surface area contributed by atoms with E-state index in [0.29, 0.717) is 5.56 Å². The lowest BCUT2D eigenvalue weighted by molar-refractivity contribution is 1.34. The summed E-state index contributed by atoms with van der Waals surface area (Å²) in [5.41, 5.74) is 3.44. The zero-order chi connectivity index (χ0) is 14.2. The number of H-pyrrole nitrogens is 1. The van der Waals surface area contributed by atoms with Crippen molar-refractivity contribution in [2.75, 3.05) is 0 Å². The number of aromatic amines is 1. The van der Waals surface area contributed by atoms with Crippen molar-refractivity contribution in [2.45, 2.75) is 0 Å². The van der Waals surface area contributed by atoms with E-state index in [1.807, 2.05) is 24.3 Å². The number of hydrogen-bond acceptors (Lipinski definition) is 2. The molecule has 3 aromatic carbocycles. The second-order valence-corrected chi connectivity index (χ2v) is 4.99. The Morgan fingerprint density at radius 1 is 0.905 bits per heavy atom. The number of rotatable bonds is 1. The first kappa shape index (κ1) is 11.7. The molecule has 0 aliphatic heterocycles. The fourth-order valence-electron chi connectivity index (χ4n) is 2.55. The highest BCUT2D eigenvalue weighted by Crippen LogP contribution is 2.24. The minimum absolute atomic E-state index is 0.635. The van der Waals surface area contributed by atoms with Gasteiger partial charge in [-0.2, -0.15) is 5.26 Å². The van der Waals surface area contributed by atoms with Crippen LogP contribution < -0.4 is 0 Å². The molecule has 0 unspecified atom stereocenters. The summed E-state index contributed by atoms with van der Waals surface area (Å²) < 4.78 is 0. The summed E-state index contributed by atoms with van der Waals surface area (Å²) in [6.07, 6.45) is 0. The third kappa shape index (κ3) is 1.94. The molecule has 21 heavy (non-hydrogen) atoms. The van der Waals surface area contributed by atoms with Crippen LogP contribution >= 0.6 is 0 Å². The molecular formula is C18H11N3. The number of nitriles is 1. The zero-order valence-electron chi connectivity index (χ0n) is 11.2. The van der Waals surface area contributed by atoms with E-state index in [-0.39, 0.29) is 0 Å². The van der Waals surface area contributed by atoms with E-state index >= 15 is 0 Å². The van der Waals surface area contributed by atoms with Crippen molar-refractivity contribution >= 4 is 21.8 Å². The number of benzene rings is 3. The summed E-state index contributed by atoms with van der Waals surface area (Å²) in [4.78, 5) is 7.89. The van der Waals surface area contributed by atoms with Crippen molar-refractivity contribution in [1.29, 1.82) is 5.26 Å². The quantitative estimate of drug-likeness (QED) is 0.561.